The molecule has 0 unspecified atom stereocenters. The minimum Gasteiger partial charge on any atom is -0.544 e. The van der Waals surface area contributed by atoms with Crippen LogP contribution in [0.25, 0.3) is 10.2 Å². The predicted molar refractivity (Wildman–Crippen MR) is 75.1 cm³/mol. The van der Waals surface area contributed by atoms with Crippen LogP contribution < -0.4 is 15.6 Å². The van der Waals surface area contributed by atoms with Gasteiger partial charge in [0.2, 0.25) is 0 Å². The maximum atomic E-state index is 12.1. The highest BCUT2D eigenvalue weighted by atomic mass is 32.1. The number of rotatable bonds is 5. The van der Waals surface area contributed by atoms with Gasteiger partial charge in [0.25, 0.3) is 5.56 Å². The summed E-state index contributed by atoms with van der Waals surface area (Å²) in [6.45, 7) is 8.24. The van der Waals surface area contributed by atoms with E-state index in [-0.39, 0.29) is 10.4 Å². The summed E-state index contributed by atoms with van der Waals surface area (Å²) in [4.78, 5) is 32.1. The van der Waals surface area contributed by atoms with Crippen molar-refractivity contribution in [1.29, 1.82) is 0 Å². The summed E-state index contributed by atoms with van der Waals surface area (Å²) in [5.41, 5.74) is 0.151. The van der Waals surface area contributed by atoms with Crippen LogP contribution in [0.2, 0.25) is 0 Å². The first kappa shape index (κ1) is 14.7. The average molecular weight is 295 g/mol. The number of aryl methyl sites for hydroxylation is 1. The zero-order valence-corrected chi connectivity index (χ0v) is 12.5. The molecule has 0 aliphatic carbocycles. The lowest BCUT2D eigenvalue weighted by Gasteiger charge is -2.14. The summed E-state index contributed by atoms with van der Waals surface area (Å²) in [7, 11) is 0. The number of H-pyrrole nitrogens is 1. The van der Waals surface area contributed by atoms with E-state index in [1.54, 1.807) is 6.92 Å². The Hall–Kier alpha value is -1.73. The van der Waals surface area contributed by atoms with Gasteiger partial charge in [-0.3, -0.25) is 4.79 Å². The van der Waals surface area contributed by atoms with Crippen molar-refractivity contribution in [2.75, 3.05) is 13.1 Å². The van der Waals surface area contributed by atoms with E-state index in [9.17, 15) is 14.7 Å². The summed E-state index contributed by atoms with van der Waals surface area (Å²) in [6, 6.07) is 0. The second-order valence-electron chi connectivity index (χ2n) is 4.67. The first-order valence-corrected chi connectivity index (χ1v) is 7.36. The SMILES string of the molecule is CC[NH+](CC)Cc1nc2sc(C(=O)[O-])c(C)c2c(=O)[nH]1. The number of aromatic carboxylic acids is 1. The van der Waals surface area contributed by atoms with Crippen LogP contribution in [0.15, 0.2) is 4.79 Å². The number of quaternary nitrogens is 1. The average Bonchev–Trinajstić information content (AvgIpc) is 2.73. The Morgan fingerprint density at radius 1 is 1.40 bits per heavy atom. The first-order chi connectivity index (χ1) is 9.47. The molecule has 0 bridgehead atoms. The highest BCUT2D eigenvalue weighted by Crippen LogP contribution is 2.26. The van der Waals surface area contributed by atoms with Crippen molar-refractivity contribution in [3.8, 4) is 0 Å². The lowest BCUT2D eigenvalue weighted by Crippen LogP contribution is -3.10. The van der Waals surface area contributed by atoms with Gasteiger partial charge in [-0.05, 0) is 26.3 Å². The van der Waals surface area contributed by atoms with Gasteiger partial charge in [-0.2, -0.15) is 0 Å². The number of nitrogens with zero attached hydrogens (tertiary/aromatic N) is 1. The van der Waals surface area contributed by atoms with Gasteiger partial charge in [-0.25, -0.2) is 4.98 Å². The number of aromatic amines is 1. The molecule has 2 aromatic heterocycles. The molecule has 2 aromatic rings. The minimum atomic E-state index is -1.26. The van der Waals surface area contributed by atoms with Crippen LogP contribution in [0.1, 0.15) is 34.9 Å². The number of carboxylic acid groups (broad SMARTS) is 1. The summed E-state index contributed by atoms with van der Waals surface area (Å²) in [5.74, 6) is -0.673. The second-order valence-corrected chi connectivity index (χ2v) is 5.67. The lowest BCUT2D eigenvalue weighted by molar-refractivity contribution is -0.910. The van der Waals surface area contributed by atoms with Crippen LogP contribution in [0, 0.1) is 6.92 Å². The molecule has 2 heterocycles. The van der Waals surface area contributed by atoms with Crippen LogP contribution in [-0.2, 0) is 6.54 Å². The highest BCUT2D eigenvalue weighted by molar-refractivity contribution is 7.20. The van der Waals surface area contributed by atoms with E-state index >= 15 is 0 Å². The molecule has 2 N–H and O–H groups in total. The van der Waals surface area contributed by atoms with Crippen LogP contribution in [-0.4, -0.2) is 29.0 Å². The zero-order valence-electron chi connectivity index (χ0n) is 11.7. The van der Waals surface area contributed by atoms with E-state index in [2.05, 4.69) is 23.8 Å². The number of carbonyl (C=O) groups excluding carboxylic acids is 1. The smallest absolute Gasteiger partial charge is 0.260 e. The Labute approximate surface area is 120 Å². The standard InChI is InChI=1S/C13H17N3O3S/c1-4-16(5-2)6-8-14-11(17)9-7(3)10(13(18)19)20-12(9)15-8/h4-6H2,1-3H3,(H,18,19)(H,14,15,17). The summed E-state index contributed by atoms with van der Waals surface area (Å²) >= 11 is 1.00. The second kappa shape index (κ2) is 5.72. The Morgan fingerprint density at radius 3 is 2.60 bits per heavy atom. The third kappa shape index (κ3) is 2.59. The Bertz CT molecular complexity index is 701. The topological polar surface area (TPSA) is 90.3 Å². The number of carboxylic acids is 1. The summed E-state index contributed by atoms with van der Waals surface area (Å²) < 4.78 is 0. The van der Waals surface area contributed by atoms with Crippen molar-refractivity contribution in [1.82, 2.24) is 9.97 Å². The molecule has 0 aromatic carbocycles. The first-order valence-electron chi connectivity index (χ1n) is 6.55. The molecule has 6 nitrogen and oxygen atoms in total. The van der Waals surface area contributed by atoms with Crippen LogP contribution in [0.4, 0.5) is 0 Å². The molecule has 0 fully saturated rings. The number of hydrogen-bond donors (Lipinski definition) is 2. The fraction of sp³-hybridized carbons (Fsp3) is 0.462. The van der Waals surface area contributed by atoms with E-state index in [0.717, 1.165) is 24.4 Å². The number of aromatic nitrogens is 2. The van der Waals surface area contributed by atoms with Gasteiger partial charge in [0.15, 0.2) is 5.82 Å². The Balaban J connectivity index is 2.52. The van der Waals surface area contributed by atoms with Gasteiger partial charge in [-0.15, -0.1) is 11.3 Å². The summed E-state index contributed by atoms with van der Waals surface area (Å²) in [6.07, 6.45) is 0. The number of hydrogen-bond acceptors (Lipinski definition) is 5. The predicted octanol–water partition coefficient (Wildman–Crippen LogP) is -0.919. The monoisotopic (exact) mass is 295 g/mol. The van der Waals surface area contributed by atoms with E-state index in [4.69, 9.17) is 0 Å². The third-order valence-electron chi connectivity index (χ3n) is 3.45. The highest BCUT2D eigenvalue weighted by Gasteiger charge is 2.16. The van der Waals surface area contributed by atoms with Gasteiger partial charge in [0.1, 0.15) is 11.4 Å². The van der Waals surface area contributed by atoms with E-state index in [0.29, 0.717) is 28.1 Å². The molecular formula is C13H17N3O3S. The third-order valence-corrected chi connectivity index (χ3v) is 4.62. The van der Waals surface area contributed by atoms with Crippen molar-refractivity contribution >= 4 is 27.5 Å². The number of nitrogens with one attached hydrogen (secondary N) is 2. The maximum Gasteiger partial charge on any atom is 0.260 e. The fourth-order valence-electron chi connectivity index (χ4n) is 2.20. The molecular weight excluding hydrogens is 278 g/mol. The van der Waals surface area contributed by atoms with Crippen molar-refractivity contribution in [3.63, 3.8) is 0 Å². The number of carbonyl (C=O) groups is 1. The van der Waals surface area contributed by atoms with Gasteiger partial charge < -0.3 is 19.8 Å². The Kier molecular flexibility index (Phi) is 4.20. The van der Waals surface area contributed by atoms with Gasteiger partial charge in [0, 0.05) is 0 Å². The molecule has 20 heavy (non-hydrogen) atoms. The molecule has 0 radical (unpaired) electrons. The molecule has 108 valence electrons. The van der Waals surface area contributed by atoms with Crippen LogP contribution in [0.5, 0.6) is 0 Å². The molecule has 0 atom stereocenters. The lowest BCUT2D eigenvalue weighted by atomic mass is 10.2. The summed E-state index contributed by atoms with van der Waals surface area (Å²) in [5, 5.41) is 11.4. The Morgan fingerprint density at radius 2 is 2.05 bits per heavy atom. The number of thiophene rings is 1. The van der Waals surface area contributed by atoms with E-state index in [1.807, 2.05) is 0 Å². The van der Waals surface area contributed by atoms with Crippen molar-refractivity contribution in [2.45, 2.75) is 27.3 Å². The van der Waals surface area contributed by atoms with Gasteiger partial charge in [-0.1, -0.05) is 0 Å². The van der Waals surface area contributed by atoms with Crippen LogP contribution >= 0.6 is 11.3 Å². The molecule has 2 rings (SSSR count). The fourth-order valence-corrected chi connectivity index (χ4v) is 3.24. The largest absolute Gasteiger partial charge is 0.544 e. The minimum absolute atomic E-state index is 0.0744. The molecule has 0 saturated heterocycles. The molecule has 7 heteroatoms. The molecule has 0 aliphatic heterocycles. The zero-order chi connectivity index (χ0) is 14.9. The molecule has 0 saturated carbocycles. The number of fused-ring (bicyclic) bond motifs is 1. The van der Waals surface area contributed by atoms with E-state index in [1.165, 1.54) is 4.90 Å². The van der Waals surface area contributed by atoms with Crippen molar-refractivity contribution in [3.05, 3.63) is 26.6 Å². The quantitative estimate of drug-likeness (QED) is 0.746. The normalized spacial score (nSPS) is 11.4. The maximum absolute atomic E-state index is 12.1. The van der Waals surface area contributed by atoms with Crippen molar-refractivity contribution < 1.29 is 14.8 Å². The molecule has 0 aliphatic rings. The molecule has 0 amide bonds. The van der Waals surface area contributed by atoms with Crippen molar-refractivity contribution in [2.24, 2.45) is 0 Å². The van der Waals surface area contributed by atoms with Crippen LogP contribution in [0.3, 0.4) is 0 Å². The van der Waals surface area contributed by atoms with E-state index < -0.39 is 5.97 Å². The van der Waals surface area contributed by atoms with Gasteiger partial charge >= 0.3 is 0 Å². The molecule has 0 spiro atoms. The van der Waals surface area contributed by atoms with Gasteiger partial charge in [0.05, 0.1) is 29.3 Å².